The van der Waals surface area contributed by atoms with Crippen molar-refractivity contribution in [1.29, 1.82) is 0 Å². The van der Waals surface area contributed by atoms with Crippen molar-refractivity contribution in [3.8, 4) is 0 Å². The van der Waals surface area contributed by atoms with Gasteiger partial charge in [0.1, 0.15) is 6.04 Å². The first kappa shape index (κ1) is 17.8. The van der Waals surface area contributed by atoms with E-state index in [-0.39, 0.29) is 5.92 Å². The van der Waals surface area contributed by atoms with Gasteiger partial charge in [-0.05, 0) is 5.92 Å². The normalized spacial score (nSPS) is 13.4. The highest BCUT2D eigenvalue weighted by molar-refractivity contribution is 5.91. The number of carboxylic acids is 1. The minimum atomic E-state index is -1.42. The molecule has 0 aliphatic rings. The zero-order chi connectivity index (χ0) is 15.9. The van der Waals surface area contributed by atoms with Crippen molar-refractivity contribution in [2.24, 2.45) is 17.4 Å². The lowest BCUT2D eigenvalue weighted by Crippen LogP contribution is -2.50. The van der Waals surface area contributed by atoms with Crippen LogP contribution in [0.2, 0.25) is 0 Å². The van der Waals surface area contributed by atoms with Crippen molar-refractivity contribution in [3.05, 3.63) is 0 Å². The predicted octanol–water partition coefficient (Wildman–Crippen LogP) is -2.47. The summed E-state index contributed by atoms with van der Waals surface area (Å²) in [4.78, 5) is 44.4. The van der Waals surface area contributed by atoms with E-state index in [2.05, 4.69) is 10.6 Å². The Labute approximate surface area is 116 Å². The Morgan fingerprint density at radius 1 is 1.20 bits per heavy atom. The molecule has 9 nitrogen and oxygen atoms in total. The lowest BCUT2D eigenvalue weighted by Gasteiger charge is -2.16. The molecule has 0 aromatic carbocycles. The van der Waals surface area contributed by atoms with E-state index >= 15 is 0 Å². The Morgan fingerprint density at radius 3 is 2.15 bits per heavy atom. The maximum absolute atomic E-state index is 11.5. The molecule has 0 aliphatic carbocycles. The number of primary amides is 1. The number of hydrogen-bond donors (Lipinski definition) is 5. The standard InChI is InChI=1S/C11H20N4O5/c1-5(2)9(13)10(18)14-4-8(17)15-6(11(19)20)3-7(12)16/h5-6,9H,3-4,13H2,1-2H3,(H2,12,16)(H,14,18)(H,15,17)(H,19,20)/t6-,9-/m0/s1. The molecule has 0 heterocycles. The second kappa shape index (κ2) is 8.10. The Bertz CT molecular complexity index is 396. The van der Waals surface area contributed by atoms with Crippen LogP contribution in [0.15, 0.2) is 0 Å². The van der Waals surface area contributed by atoms with E-state index in [0.717, 1.165) is 0 Å². The molecule has 3 amide bonds. The molecular weight excluding hydrogens is 268 g/mol. The molecule has 2 atom stereocenters. The summed E-state index contributed by atoms with van der Waals surface area (Å²) < 4.78 is 0. The third-order valence-electron chi connectivity index (χ3n) is 2.48. The fraction of sp³-hybridized carbons (Fsp3) is 0.636. The second-order valence-corrected chi connectivity index (χ2v) is 4.62. The van der Waals surface area contributed by atoms with E-state index in [1.165, 1.54) is 0 Å². The average molecular weight is 288 g/mol. The van der Waals surface area contributed by atoms with Gasteiger partial charge in [-0.15, -0.1) is 0 Å². The third-order valence-corrected chi connectivity index (χ3v) is 2.48. The molecule has 0 bridgehead atoms. The van der Waals surface area contributed by atoms with Crippen molar-refractivity contribution >= 4 is 23.7 Å². The SMILES string of the molecule is CC(C)[C@H](N)C(=O)NCC(=O)N[C@@H](CC(N)=O)C(=O)O. The van der Waals surface area contributed by atoms with Gasteiger partial charge in [0.2, 0.25) is 17.7 Å². The Morgan fingerprint density at radius 2 is 1.75 bits per heavy atom. The number of nitrogens with one attached hydrogen (secondary N) is 2. The summed E-state index contributed by atoms with van der Waals surface area (Å²) >= 11 is 0. The molecule has 20 heavy (non-hydrogen) atoms. The van der Waals surface area contributed by atoms with Crippen LogP contribution in [0.3, 0.4) is 0 Å². The molecule has 7 N–H and O–H groups in total. The Hall–Kier alpha value is -2.16. The van der Waals surface area contributed by atoms with Gasteiger partial charge in [0, 0.05) is 0 Å². The largest absolute Gasteiger partial charge is 0.480 e. The number of amides is 3. The van der Waals surface area contributed by atoms with Gasteiger partial charge in [-0.2, -0.15) is 0 Å². The molecule has 0 saturated heterocycles. The first-order chi connectivity index (χ1) is 9.15. The molecule has 0 saturated carbocycles. The highest BCUT2D eigenvalue weighted by Crippen LogP contribution is 1.97. The molecular formula is C11H20N4O5. The van der Waals surface area contributed by atoms with Gasteiger partial charge in [-0.1, -0.05) is 13.8 Å². The molecule has 0 spiro atoms. The number of carbonyl (C=O) groups is 4. The number of nitrogens with two attached hydrogens (primary N) is 2. The first-order valence-electron chi connectivity index (χ1n) is 5.99. The maximum atomic E-state index is 11.5. The first-order valence-corrected chi connectivity index (χ1v) is 5.99. The summed E-state index contributed by atoms with van der Waals surface area (Å²) in [6, 6.07) is -2.18. The fourth-order valence-electron chi connectivity index (χ4n) is 1.23. The highest BCUT2D eigenvalue weighted by atomic mass is 16.4. The average Bonchev–Trinajstić information content (AvgIpc) is 2.33. The number of aliphatic carboxylic acids is 1. The number of rotatable bonds is 8. The third kappa shape index (κ3) is 6.69. The van der Waals surface area contributed by atoms with Crippen LogP contribution < -0.4 is 22.1 Å². The lowest BCUT2D eigenvalue weighted by atomic mass is 10.1. The van der Waals surface area contributed by atoms with Gasteiger partial charge in [-0.3, -0.25) is 14.4 Å². The van der Waals surface area contributed by atoms with Crippen LogP contribution >= 0.6 is 0 Å². The molecule has 0 aromatic heterocycles. The minimum absolute atomic E-state index is 0.0975. The summed E-state index contributed by atoms with van der Waals surface area (Å²) in [5.41, 5.74) is 10.4. The quantitative estimate of drug-likeness (QED) is 0.332. The van der Waals surface area contributed by atoms with Crippen LogP contribution in [-0.4, -0.2) is 47.4 Å². The van der Waals surface area contributed by atoms with E-state index in [0.29, 0.717) is 0 Å². The molecule has 0 rings (SSSR count). The van der Waals surface area contributed by atoms with Crippen LogP contribution in [0.5, 0.6) is 0 Å². The number of hydrogen-bond acceptors (Lipinski definition) is 5. The van der Waals surface area contributed by atoms with E-state index < -0.39 is 48.7 Å². The van der Waals surface area contributed by atoms with Gasteiger partial charge in [0.15, 0.2) is 0 Å². The van der Waals surface area contributed by atoms with Crippen molar-refractivity contribution in [3.63, 3.8) is 0 Å². The Kier molecular flexibility index (Phi) is 7.22. The molecule has 0 aliphatic heterocycles. The van der Waals surface area contributed by atoms with Crippen LogP contribution in [0.4, 0.5) is 0 Å². The molecule has 0 radical (unpaired) electrons. The smallest absolute Gasteiger partial charge is 0.326 e. The second-order valence-electron chi connectivity index (χ2n) is 4.62. The summed E-state index contributed by atoms with van der Waals surface area (Å²) in [6.07, 6.45) is -0.527. The van der Waals surface area contributed by atoms with Gasteiger partial charge < -0.3 is 27.2 Å². The molecule has 0 unspecified atom stereocenters. The maximum Gasteiger partial charge on any atom is 0.326 e. The summed E-state index contributed by atoms with van der Waals surface area (Å²) in [7, 11) is 0. The number of carboxylic acid groups (broad SMARTS) is 1. The fourth-order valence-corrected chi connectivity index (χ4v) is 1.23. The molecule has 9 heteroatoms. The highest BCUT2D eigenvalue weighted by Gasteiger charge is 2.23. The van der Waals surface area contributed by atoms with Crippen LogP contribution in [-0.2, 0) is 19.2 Å². The van der Waals surface area contributed by atoms with E-state index in [9.17, 15) is 19.2 Å². The predicted molar refractivity (Wildman–Crippen MR) is 69.2 cm³/mol. The Balaban J connectivity index is 4.30. The monoisotopic (exact) mass is 288 g/mol. The van der Waals surface area contributed by atoms with Crippen molar-refractivity contribution < 1.29 is 24.3 Å². The van der Waals surface area contributed by atoms with Gasteiger partial charge >= 0.3 is 5.97 Å². The topological polar surface area (TPSA) is 165 Å². The molecule has 0 fully saturated rings. The zero-order valence-corrected chi connectivity index (χ0v) is 11.4. The van der Waals surface area contributed by atoms with Gasteiger partial charge in [-0.25, -0.2) is 4.79 Å². The van der Waals surface area contributed by atoms with E-state index in [1.807, 2.05) is 0 Å². The molecule has 0 aromatic rings. The van der Waals surface area contributed by atoms with E-state index in [4.69, 9.17) is 16.6 Å². The van der Waals surface area contributed by atoms with Crippen LogP contribution in [0.25, 0.3) is 0 Å². The van der Waals surface area contributed by atoms with Crippen molar-refractivity contribution in [1.82, 2.24) is 10.6 Å². The summed E-state index contributed by atoms with van der Waals surface area (Å²) in [5.74, 6) is -3.61. The summed E-state index contributed by atoms with van der Waals surface area (Å²) in [5, 5.41) is 13.1. The molecule has 114 valence electrons. The minimum Gasteiger partial charge on any atom is -0.480 e. The zero-order valence-electron chi connectivity index (χ0n) is 11.4. The lowest BCUT2D eigenvalue weighted by molar-refractivity contribution is -0.143. The van der Waals surface area contributed by atoms with Crippen molar-refractivity contribution in [2.45, 2.75) is 32.4 Å². The van der Waals surface area contributed by atoms with Crippen molar-refractivity contribution in [2.75, 3.05) is 6.54 Å². The van der Waals surface area contributed by atoms with E-state index in [1.54, 1.807) is 13.8 Å². The van der Waals surface area contributed by atoms with Crippen LogP contribution in [0, 0.1) is 5.92 Å². The number of carbonyl (C=O) groups excluding carboxylic acids is 3. The van der Waals surface area contributed by atoms with Crippen LogP contribution in [0.1, 0.15) is 20.3 Å². The van der Waals surface area contributed by atoms with Gasteiger partial charge in [0.25, 0.3) is 0 Å². The van der Waals surface area contributed by atoms with Gasteiger partial charge in [0.05, 0.1) is 19.0 Å². The summed E-state index contributed by atoms with van der Waals surface area (Å²) in [6.45, 7) is 3.07.